The lowest BCUT2D eigenvalue weighted by Crippen LogP contribution is -2.26. The van der Waals surface area contributed by atoms with Crippen LogP contribution < -0.4 is 4.72 Å². The number of aryl methyl sites for hydroxylation is 1. The molecule has 2 rings (SSSR count). The topological polar surface area (TPSA) is 46.2 Å². The Labute approximate surface area is 125 Å². The highest BCUT2D eigenvalue weighted by Crippen LogP contribution is 2.27. The molecule has 0 bridgehead atoms. The zero-order chi connectivity index (χ0) is 14.0. The molecule has 0 amide bonds. The van der Waals surface area contributed by atoms with Gasteiger partial charge in [-0.05, 0) is 47.5 Å². The molecule has 1 unspecified atom stereocenters. The second-order valence-corrected chi connectivity index (χ2v) is 8.72. The first-order chi connectivity index (χ1) is 8.88. The maximum atomic E-state index is 12.2. The van der Waals surface area contributed by atoms with Crippen LogP contribution in [0.4, 0.5) is 0 Å². The third kappa shape index (κ3) is 3.66. The minimum Gasteiger partial charge on any atom is -0.206 e. The molecule has 0 spiro atoms. The van der Waals surface area contributed by atoms with Crippen molar-refractivity contribution < 1.29 is 8.42 Å². The number of rotatable bonds is 4. The number of thiophene rings is 1. The summed E-state index contributed by atoms with van der Waals surface area (Å²) in [5, 5.41) is 0. The van der Waals surface area contributed by atoms with Crippen LogP contribution in [0.3, 0.4) is 0 Å². The fourth-order valence-corrected chi connectivity index (χ4v) is 4.91. The third-order valence-corrected chi connectivity index (χ3v) is 6.38. The maximum absolute atomic E-state index is 12.2. The molecule has 1 heterocycles. The van der Waals surface area contributed by atoms with E-state index in [9.17, 15) is 8.42 Å². The lowest BCUT2D eigenvalue weighted by molar-refractivity contribution is 0.569. The highest BCUT2D eigenvalue weighted by Gasteiger charge is 2.20. The summed E-state index contributed by atoms with van der Waals surface area (Å²) in [5.41, 5.74) is 2.10. The van der Waals surface area contributed by atoms with Crippen LogP contribution in [0.1, 0.15) is 24.1 Å². The lowest BCUT2D eigenvalue weighted by atomic mass is 10.1. The van der Waals surface area contributed by atoms with Crippen molar-refractivity contribution in [3.05, 3.63) is 51.3 Å². The van der Waals surface area contributed by atoms with Crippen LogP contribution in [-0.4, -0.2) is 8.42 Å². The normalized spacial score (nSPS) is 13.4. The lowest BCUT2D eigenvalue weighted by Gasteiger charge is -2.14. The van der Waals surface area contributed by atoms with Gasteiger partial charge in [0.15, 0.2) is 0 Å². The summed E-state index contributed by atoms with van der Waals surface area (Å²) in [5.74, 6) is 0. The smallest absolute Gasteiger partial charge is 0.206 e. The van der Waals surface area contributed by atoms with E-state index in [0.29, 0.717) is 4.21 Å². The van der Waals surface area contributed by atoms with Gasteiger partial charge in [0.1, 0.15) is 4.21 Å². The SMILES string of the molecule is Cc1ccc(C(C)NS(=O)(=O)c2ccc(Br)s2)cc1. The summed E-state index contributed by atoms with van der Waals surface area (Å²) in [7, 11) is -3.46. The van der Waals surface area contributed by atoms with Gasteiger partial charge in [0.2, 0.25) is 0 Å². The van der Waals surface area contributed by atoms with Crippen molar-refractivity contribution in [3.8, 4) is 0 Å². The van der Waals surface area contributed by atoms with E-state index >= 15 is 0 Å². The first-order valence-electron chi connectivity index (χ1n) is 5.73. The second-order valence-electron chi connectivity index (χ2n) is 4.31. The van der Waals surface area contributed by atoms with E-state index < -0.39 is 10.0 Å². The molecule has 2 aromatic rings. The largest absolute Gasteiger partial charge is 0.250 e. The van der Waals surface area contributed by atoms with Crippen LogP contribution in [0.2, 0.25) is 0 Å². The molecular weight excluding hydrogens is 346 g/mol. The summed E-state index contributed by atoms with van der Waals surface area (Å²) < 4.78 is 28.2. The van der Waals surface area contributed by atoms with Crippen molar-refractivity contribution in [2.75, 3.05) is 0 Å². The van der Waals surface area contributed by atoms with Gasteiger partial charge in [0.25, 0.3) is 10.0 Å². The van der Waals surface area contributed by atoms with Gasteiger partial charge in [-0.1, -0.05) is 29.8 Å². The van der Waals surface area contributed by atoms with Crippen LogP contribution in [-0.2, 0) is 10.0 Å². The van der Waals surface area contributed by atoms with Gasteiger partial charge in [-0.2, -0.15) is 0 Å². The van der Waals surface area contributed by atoms with Gasteiger partial charge < -0.3 is 0 Å². The minimum atomic E-state index is -3.46. The van der Waals surface area contributed by atoms with Crippen molar-refractivity contribution in [1.29, 1.82) is 0 Å². The van der Waals surface area contributed by atoms with Gasteiger partial charge in [-0.25, -0.2) is 13.1 Å². The van der Waals surface area contributed by atoms with Crippen LogP contribution in [0.5, 0.6) is 0 Å². The Balaban J connectivity index is 2.18. The van der Waals surface area contributed by atoms with Crippen LogP contribution in [0.25, 0.3) is 0 Å². The summed E-state index contributed by atoms with van der Waals surface area (Å²) in [6, 6.07) is 10.9. The van der Waals surface area contributed by atoms with Crippen molar-refractivity contribution in [2.45, 2.75) is 24.1 Å². The standard InChI is InChI=1S/C13H14BrNO2S2/c1-9-3-5-11(6-4-9)10(2)15-19(16,17)13-8-7-12(14)18-13/h3-8,10,15H,1-2H3. The summed E-state index contributed by atoms with van der Waals surface area (Å²) in [6.07, 6.45) is 0. The minimum absolute atomic E-state index is 0.258. The zero-order valence-corrected chi connectivity index (χ0v) is 13.8. The summed E-state index contributed by atoms with van der Waals surface area (Å²) in [4.78, 5) is 0. The highest BCUT2D eigenvalue weighted by molar-refractivity contribution is 9.11. The van der Waals surface area contributed by atoms with Crippen molar-refractivity contribution >= 4 is 37.3 Å². The number of hydrogen-bond acceptors (Lipinski definition) is 3. The molecule has 0 saturated carbocycles. The fourth-order valence-electron chi connectivity index (χ4n) is 1.66. The average Bonchev–Trinajstić information content (AvgIpc) is 2.77. The molecule has 0 fully saturated rings. The molecule has 1 N–H and O–H groups in total. The van der Waals surface area contributed by atoms with Crippen molar-refractivity contribution in [3.63, 3.8) is 0 Å². The van der Waals surface area contributed by atoms with E-state index in [4.69, 9.17) is 0 Å². The first kappa shape index (κ1) is 14.7. The predicted molar refractivity (Wildman–Crippen MR) is 81.9 cm³/mol. The number of halogens is 1. The Morgan fingerprint density at radius 3 is 2.32 bits per heavy atom. The Bertz CT molecular complexity index is 662. The molecule has 102 valence electrons. The zero-order valence-electron chi connectivity index (χ0n) is 10.6. The quantitative estimate of drug-likeness (QED) is 0.900. The Hall–Kier alpha value is -0.690. The van der Waals surface area contributed by atoms with Gasteiger partial charge in [-0.15, -0.1) is 11.3 Å². The van der Waals surface area contributed by atoms with E-state index in [1.54, 1.807) is 12.1 Å². The molecular formula is C13H14BrNO2S2. The van der Waals surface area contributed by atoms with E-state index in [0.717, 1.165) is 14.9 Å². The monoisotopic (exact) mass is 359 g/mol. The van der Waals surface area contributed by atoms with Gasteiger partial charge >= 0.3 is 0 Å². The number of nitrogens with one attached hydrogen (secondary N) is 1. The average molecular weight is 360 g/mol. The number of hydrogen-bond donors (Lipinski definition) is 1. The molecule has 0 aliphatic carbocycles. The number of benzene rings is 1. The molecule has 0 aliphatic rings. The van der Waals surface area contributed by atoms with E-state index in [1.165, 1.54) is 11.3 Å². The van der Waals surface area contributed by atoms with Gasteiger partial charge in [-0.3, -0.25) is 0 Å². The van der Waals surface area contributed by atoms with E-state index in [1.807, 2.05) is 38.1 Å². The molecule has 1 aromatic heterocycles. The summed E-state index contributed by atoms with van der Waals surface area (Å²) in [6.45, 7) is 3.84. The molecule has 0 aliphatic heterocycles. The first-order valence-corrected chi connectivity index (χ1v) is 8.82. The molecule has 6 heteroatoms. The third-order valence-electron chi connectivity index (χ3n) is 2.72. The van der Waals surface area contributed by atoms with Crippen molar-refractivity contribution in [1.82, 2.24) is 4.72 Å². The molecule has 19 heavy (non-hydrogen) atoms. The van der Waals surface area contributed by atoms with Crippen LogP contribution in [0.15, 0.2) is 44.4 Å². The fraction of sp³-hybridized carbons (Fsp3) is 0.231. The Kier molecular flexibility index (Phi) is 4.45. The van der Waals surface area contributed by atoms with Crippen LogP contribution >= 0.6 is 27.3 Å². The predicted octanol–water partition coefficient (Wildman–Crippen LogP) is 3.86. The molecule has 1 atom stereocenters. The van der Waals surface area contributed by atoms with E-state index in [2.05, 4.69) is 20.7 Å². The second kappa shape index (κ2) is 5.75. The maximum Gasteiger partial charge on any atom is 0.250 e. The van der Waals surface area contributed by atoms with Gasteiger partial charge in [0.05, 0.1) is 3.79 Å². The van der Waals surface area contributed by atoms with Crippen LogP contribution in [0, 0.1) is 6.92 Å². The van der Waals surface area contributed by atoms with Gasteiger partial charge in [0, 0.05) is 6.04 Å². The number of sulfonamides is 1. The Morgan fingerprint density at radius 2 is 1.79 bits per heavy atom. The Morgan fingerprint density at radius 1 is 1.16 bits per heavy atom. The molecule has 0 radical (unpaired) electrons. The van der Waals surface area contributed by atoms with E-state index in [-0.39, 0.29) is 6.04 Å². The molecule has 0 saturated heterocycles. The summed E-state index contributed by atoms with van der Waals surface area (Å²) >= 11 is 4.47. The highest BCUT2D eigenvalue weighted by atomic mass is 79.9. The van der Waals surface area contributed by atoms with Crippen molar-refractivity contribution in [2.24, 2.45) is 0 Å². The molecule has 3 nitrogen and oxygen atoms in total. The molecule has 1 aromatic carbocycles.